The van der Waals surface area contributed by atoms with Gasteiger partial charge in [-0.2, -0.15) is 0 Å². The minimum Gasteiger partial charge on any atom is -0.445 e. The number of hydrogen-bond acceptors (Lipinski definition) is 3. The molecule has 0 saturated carbocycles. The van der Waals surface area contributed by atoms with E-state index in [0.717, 1.165) is 4.47 Å². The zero-order chi connectivity index (χ0) is 14.1. The molecule has 6 heteroatoms. The number of hydrogen-bond donors (Lipinski definition) is 2. The van der Waals surface area contributed by atoms with Crippen LogP contribution in [0.3, 0.4) is 0 Å². The lowest BCUT2D eigenvalue weighted by molar-refractivity contribution is 0.0951. The van der Waals surface area contributed by atoms with Gasteiger partial charge in [-0.1, -0.05) is 24.8 Å². The standard InChI is InChI=1S/C13H15BrN2O3/c1-2-9-19-13(18)16-8-7-15-12(17)10-5-3-4-6-11(10)14/h2-6H,1,7-9H2,(H,15,17)(H,16,18). The summed E-state index contributed by atoms with van der Waals surface area (Å²) in [5, 5.41) is 5.20. The second kappa shape index (κ2) is 8.31. The normalized spacial score (nSPS) is 9.53. The average molecular weight is 327 g/mol. The van der Waals surface area contributed by atoms with Gasteiger partial charge in [-0.05, 0) is 28.1 Å². The number of amides is 2. The number of benzene rings is 1. The summed E-state index contributed by atoms with van der Waals surface area (Å²) in [5.41, 5.74) is 0.553. The van der Waals surface area contributed by atoms with Gasteiger partial charge in [0.25, 0.3) is 5.91 Å². The van der Waals surface area contributed by atoms with E-state index in [1.807, 2.05) is 6.07 Å². The molecule has 0 fully saturated rings. The SMILES string of the molecule is C=CCOC(=O)NCCNC(=O)c1ccccc1Br. The van der Waals surface area contributed by atoms with Crippen LogP contribution >= 0.6 is 15.9 Å². The lowest BCUT2D eigenvalue weighted by atomic mass is 10.2. The quantitative estimate of drug-likeness (QED) is 0.621. The minimum atomic E-state index is -0.532. The highest BCUT2D eigenvalue weighted by molar-refractivity contribution is 9.10. The highest BCUT2D eigenvalue weighted by atomic mass is 79.9. The zero-order valence-electron chi connectivity index (χ0n) is 10.3. The summed E-state index contributed by atoms with van der Waals surface area (Å²) in [7, 11) is 0. The van der Waals surface area contributed by atoms with Crippen LogP contribution in [0.25, 0.3) is 0 Å². The molecule has 102 valence electrons. The topological polar surface area (TPSA) is 67.4 Å². The van der Waals surface area contributed by atoms with Crippen LogP contribution in [0.15, 0.2) is 41.4 Å². The molecule has 2 amide bonds. The molecular formula is C13H15BrN2O3. The Kier molecular flexibility index (Phi) is 6.67. The first-order valence-electron chi connectivity index (χ1n) is 5.69. The van der Waals surface area contributed by atoms with Crippen LogP contribution in [0.1, 0.15) is 10.4 Å². The number of ether oxygens (including phenoxy) is 1. The Hall–Kier alpha value is -1.82. The second-order valence-electron chi connectivity index (χ2n) is 3.55. The van der Waals surface area contributed by atoms with E-state index in [1.54, 1.807) is 18.2 Å². The van der Waals surface area contributed by atoms with E-state index in [0.29, 0.717) is 18.7 Å². The molecule has 1 aromatic rings. The van der Waals surface area contributed by atoms with Crippen molar-refractivity contribution in [1.82, 2.24) is 10.6 Å². The van der Waals surface area contributed by atoms with E-state index in [-0.39, 0.29) is 12.5 Å². The number of alkyl carbamates (subject to hydrolysis) is 1. The Balaban J connectivity index is 2.26. The molecule has 0 aliphatic rings. The zero-order valence-corrected chi connectivity index (χ0v) is 11.9. The maximum absolute atomic E-state index is 11.8. The Labute approximate surface area is 120 Å². The van der Waals surface area contributed by atoms with Gasteiger partial charge < -0.3 is 15.4 Å². The van der Waals surface area contributed by atoms with Crippen molar-refractivity contribution < 1.29 is 14.3 Å². The van der Waals surface area contributed by atoms with Crippen molar-refractivity contribution in [2.24, 2.45) is 0 Å². The van der Waals surface area contributed by atoms with Gasteiger partial charge in [0, 0.05) is 17.6 Å². The van der Waals surface area contributed by atoms with E-state index in [2.05, 4.69) is 33.1 Å². The molecule has 0 aromatic heterocycles. The molecule has 0 radical (unpaired) electrons. The van der Waals surface area contributed by atoms with Gasteiger partial charge in [0.2, 0.25) is 0 Å². The van der Waals surface area contributed by atoms with Crippen LogP contribution < -0.4 is 10.6 Å². The summed E-state index contributed by atoms with van der Waals surface area (Å²) in [5.74, 6) is -0.200. The lowest BCUT2D eigenvalue weighted by Gasteiger charge is -2.08. The van der Waals surface area contributed by atoms with Crippen LogP contribution in [0.4, 0.5) is 4.79 Å². The average Bonchev–Trinajstić information content (AvgIpc) is 2.41. The maximum atomic E-state index is 11.8. The first kappa shape index (κ1) is 15.2. The first-order chi connectivity index (χ1) is 9.15. The molecule has 0 spiro atoms. The molecule has 1 aromatic carbocycles. The molecule has 0 unspecified atom stereocenters. The van der Waals surface area contributed by atoms with E-state index in [9.17, 15) is 9.59 Å². The predicted octanol–water partition coefficient (Wildman–Crippen LogP) is 2.09. The van der Waals surface area contributed by atoms with E-state index in [1.165, 1.54) is 6.08 Å². The van der Waals surface area contributed by atoms with Crippen molar-refractivity contribution in [3.63, 3.8) is 0 Å². The van der Waals surface area contributed by atoms with Crippen LogP contribution in [0.5, 0.6) is 0 Å². The maximum Gasteiger partial charge on any atom is 0.407 e. The summed E-state index contributed by atoms with van der Waals surface area (Å²) in [6.45, 7) is 4.21. The minimum absolute atomic E-state index is 0.162. The third kappa shape index (κ3) is 5.56. The van der Waals surface area contributed by atoms with Crippen molar-refractivity contribution in [3.05, 3.63) is 47.0 Å². The highest BCUT2D eigenvalue weighted by Gasteiger charge is 2.08. The third-order valence-electron chi connectivity index (χ3n) is 2.13. The fourth-order valence-corrected chi connectivity index (χ4v) is 1.73. The second-order valence-corrected chi connectivity index (χ2v) is 4.40. The summed E-state index contributed by atoms with van der Waals surface area (Å²) < 4.78 is 5.44. The number of nitrogens with one attached hydrogen (secondary N) is 2. The van der Waals surface area contributed by atoms with Crippen LogP contribution in [-0.4, -0.2) is 31.7 Å². The van der Waals surface area contributed by atoms with Crippen molar-refractivity contribution in [2.75, 3.05) is 19.7 Å². The van der Waals surface area contributed by atoms with Crippen LogP contribution in [0.2, 0.25) is 0 Å². The molecule has 19 heavy (non-hydrogen) atoms. The Bertz CT molecular complexity index is 463. The highest BCUT2D eigenvalue weighted by Crippen LogP contribution is 2.15. The first-order valence-corrected chi connectivity index (χ1v) is 6.48. The molecule has 5 nitrogen and oxygen atoms in total. The van der Waals surface area contributed by atoms with Crippen molar-refractivity contribution in [1.29, 1.82) is 0 Å². The van der Waals surface area contributed by atoms with Gasteiger partial charge in [0.15, 0.2) is 0 Å². The van der Waals surface area contributed by atoms with E-state index < -0.39 is 6.09 Å². The predicted molar refractivity (Wildman–Crippen MR) is 76.0 cm³/mol. The van der Waals surface area contributed by atoms with E-state index >= 15 is 0 Å². The molecule has 0 saturated heterocycles. The Morgan fingerprint density at radius 1 is 1.26 bits per heavy atom. The fourth-order valence-electron chi connectivity index (χ4n) is 1.27. The molecule has 0 aliphatic heterocycles. The molecule has 1 rings (SSSR count). The molecule has 0 aliphatic carbocycles. The largest absolute Gasteiger partial charge is 0.445 e. The van der Waals surface area contributed by atoms with Gasteiger partial charge in [0.1, 0.15) is 6.61 Å². The number of carbonyl (C=O) groups is 2. The van der Waals surface area contributed by atoms with Crippen molar-refractivity contribution in [3.8, 4) is 0 Å². The molecule has 0 bridgehead atoms. The van der Waals surface area contributed by atoms with Gasteiger partial charge in [0.05, 0.1) is 5.56 Å². The number of carbonyl (C=O) groups excluding carboxylic acids is 2. The summed E-state index contributed by atoms with van der Waals surface area (Å²) in [4.78, 5) is 22.9. The summed E-state index contributed by atoms with van der Waals surface area (Å²) >= 11 is 3.30. The van der Waals surface area contributed by atoms with Gasteiger partial charge in [-0.15, -0.1) is 0 Å². The van der Waals surface area contributed by atoms with Gasteiger partial charge in [-0.25, -0.2) is 4.79 Å². The van der Waals surface area contributed by atoms with Crippen LogP contribution in [0, 0.1) is 0 Å². The van der Waals surface area contributed by atoms with Gasteiger partial charge in [-0.3, -0.25) is 4.79 Å². The summed E-state index contributed by atoms with van der Waals surface area (Å²) in [6, 6.07) is 7.12. The molecule has 2 N–H and O–H groups in total. The fraction of sp³-hybridized carbons (Fsp3) is 0.231. The van der Waals surface area contributed by atoms with Gasteiger partial charge >= 0.3 is 6.09 Å². The Morgan fingerprint density at radius 2 is 1.95 bits per heavy atom. The number of halogens is 1. The smallest absolute Gasteiger partial charge is 0.407 e. The van der Waals surface area contributed by atoms with Crippen molar-refractivity contribution >= 4 is 27.9 Å². The third-order valence-corrected chi connectivity index (χ3v) is 2.82. The van der Waals surface area contributed by atoms with Crippen LogP contribution in [-0.2, 0) is 4.74 Å². The van der Waals surface area contributed by atoms with E-state index in [4.69, 9.17) is 4.74 Å². The Morgan fingerprint density at radius 3 is 2.63 bits per heavy atom. The van der Waals surface area contributed by atoms with Crippen molar-refractivity contribution in [2.45, 2.75) is 0 Å². The molecule has 0 heterocycles. The molecule has 0 atom stereocenters. The lowest BCUT2D eigenvalue weighted by Crippen LogP contribution is -2.35. The number of rotatable bonds is 6. The molecular weight excluding hydrogens is 312 g/mol. The summed E-state index contributed by atoms with van der Waals surface area (Å²) in [6.07, 6.45) is 0.948. The monoisotopic (exact) mass is 326 g/mol.